The van der Waals surface area contributed by atoms with Gasteiger partial charge in [-0.05, 0) is 23.6 Å². The Bertz CT molecular complexity index is 416. The van der Waals surface area contributed by atoms with Crippen LogP contribution in [0.5, 0.6) is 5.75 Å². The second kappa shape index (κ2) is 5.26. The first-order valence-corrected chi connectivity index (χ1v) is 6.65. The third-order valence-corrected chi connectivity index (χ3v) is 3.68. The molecule has 3 N–H and O–H groups in total. The number of morpholine rings is 1. The smallest absolute Gasteiger partial charge is 0.122 e. The van der Waals surface area contributed by atoms with Gasteiger partial charge in [0.05, 0.1) is 19.8 Å². The number of nitrogens with two attached hydrogens (primary N) is 1. The molecule has 2 atom stereocenters. The highest BCUT2D eigenvalue weighted by molar-refractivity contribution is 5.40. The van der Waals surface area contributed by atoms with E-state index < -0.39 is 0 Å². The third kappa shape index (κ3) is 2.51. The largest absolute Gasteiger partial charge is 0.493 e. The Morgan fingerprint density at radius 2 is 2.33 bits per heavy atom. The van der Waals surface area contributed by atoms with Gasteiger partial charge in [-0.1, -0.05) is 12.1 Å². The maximum absolute atomic E-state index is 6.28. The number of rotatable bonds is 3. The molecular formula is C14H20N2O2. The van der Waals surface area contributed by atoms with Crippen molar-refractivity contribution in [3.63, 3.8) is 0 Å². The number of nitrogens with one attached hydrogen (secondary N) is 1. The van der Waals surface area contributed by atoms with E-state index in [0.29, 0.717) is 6.04 Å². The maximum atomic E-state index is 6.28. The highest BCUT2D eigenvalue weighted by atomic mass is 16.5. The fraction of sp³-hybridized carbons (Fsp3) is 0.571. The van der Waals surface area contributed by atoms with E-state index in [1.807, 2.05) is 6.07 Å². The number of ether oxygens (including phenoxy) is 2. The molecular weight excluding hydrogens is 228 g/mol. The quantitative estimate of drug-likeness (QED) is 0.838. The SMILES string of the molecule is NC(CC1COCCN1)c1ccc2c(c1)CCO2. The highest BCUT2D eigenvalue weighted by Gasteiger charge is 2.19. The topological polar surface area (TPSA) is 56.5 Å². The Balaban J connectivity index is 1.66. The second-order valence-corrected chi connectivity index (χ2v) is 5.03. The van der Waals surface area contributed by atoms with Crippen LogP contribution >= 0.6 is 0 Å². The average molecular weight is 248 g/mol. The molecule has 1 saturated heterocycles. The van der Waals surface area contributed by atoms with Crippen LogP contribution in [0.4, 0.5) is 0 Å². The first-order valence-electron chi connectivity index (χ1n) is 6.65. The molecule has 0 amide bonds. The van der Waals surface area contributed by atoms with Gasteiger partial charge in [0.1, 0.15) is 5.75 Å². The number of hydrogen-bond acceptors (Lipinski definition) is 4. The Morgan fingerprint density at radius 3 is 3.17 bits per heavy atom. The van der Waals surface area contributed by atoms with Crippen molar-refractivity contribution in [2.75, 3.05) is 26.4 Å². The average Bonchev–Trinajstić information content (AvgIpc) is 2.87. The van der Waals surface area contributed by atoms with Crippen LogP contribution < -0.4 is 15.8 Å². The van der Waals surface area contributed by atoms with Gasteiger partial charge in [0.2, 0.25) is 0 Å². The van der Waals surface area contributed by atoms with Crippen LogP contribution in [0.1, 0.15) is 23.6 Å². The van der Waals surface area contributed by atoms with E-state index in [1.54, 1.807) is 0 Å². The summed E-state index contributed by atoms with van der Waals surface area (Å²) < 4.78 is 11.0. The molecule has 2 aliphatic rings. The molecule has 1 fully saturated rings. The lowest BCUT2D eigenvalue weighted by Gasteiger charge is -2.26. The van der Waals surface area contributed by atoms with Crippen molar-refractivity contribution in [2.45, 2.75) is 24.9 Å². The summed E-state index contributed by atoms with van der Waals surface area (Å²) in [5.74, 6) is 1.02. The number of hydrogen-bond donors (Lipinski definition) is 2. The maximum Gasteiger partial charge on any atom is 0.122 e. The molecule has 3 rings (SSSR count). The Morgan fingerprint density at radius 1 is 1.39 bits per heavy atom. The molecule has 0 aromatic heterocycles. The van der Waals surface area contributed by atoms with Gasteiger partial charge in [0, 0.05) is 25.0 Å². The van der Waals surface area contributed by atoms with E-state index in [4.69, 9.17) is 15.2 Å². The molecule has 18 heavy (non-hydrogen) atoms. The molecule has 0 saturated carbocycles. The fourth-order valence-corrected chi connectivity index (χ4v) is 2.65. The first kappa shape index (κ1) is 12.0. The molecule has 2 unspecified atom stereocenters. The van der Waals surface area contributed by atoms with E-state index >= 15 is 0 Å². The van der Waals surface area contributed by atoms with Crippen LogP contribution in [-0.4, -0.2) is 32.4 Å². The van der Waals surface area contributed by atoms with Gasteiger partial charge in [-0.15, -0.1) is 0 Å². The van der Waals surface area contributed by atoms with Crippen LogP contribution in [0, 0.1) is 0 Å². The van der Waals surface area contributed by atoms with Crippen molar-refractivity contribution in [3.05, 3.63) is 29.3 Å². The monoisotopic (exact) mass is 248 g/mol. The minimum Gasteiger partial charge on any atom is -0.493 e. The number of fused-ring (bicyclic) bond motifs is 1. The standard InChI is InChI=1S/C14H20N2O2/c15-13(8-12-9-17-6-4-16-12)10-1-2-14-11(7-10)3-5-18-14/h1-2,7,12-13,16H,3-6,8-9,15H2. The number of benzene rings is 1. The van der Waals surface area contributed by atoms with Gasteiger partial charge in [-0.2, -0.15) is 0 Å². The summed E-state index contributed by atoms with van der Waals surface area (Å²) >= 11 is 0. The molecule has 1 aromatic rings. The molecule has 4 heteroatoms. The lowest BCUT2D eigenvalue weighted by Crippen LogP contribution is -2.42. The third-order valence-electron chi connectivity index (χ3n) is 3.68. The van der Waals surface area contributed by atoms with E-state index in [-0.39, 0.29) is 6.04 Å². The fourth-order valence-electron chi connectivity index (χ4n) is 2.65. The van der Waals surface area contributed by atoms with Crippen LogP contribution in [0.2, 0.25) is 0 Å². The van der Waals surface area contributed by atoms with E-state index in [0.717, 1.165) is 45.0 Å². The van der Waals surface area contributed by atoms with Crippen molar-refractivity contribution in [1.82, 2.24) is 5.32 Å². The zero-order chi connectivity index (χ0) is 12.4. The molecule has 2 heterocycles. The summed E-state index contributed by atoms with van der Waals surface area (Å²) in [7, 11) is 0. The first-order chi connectivity index (χ1) is 8.83. The van der Waals surface area contributed by atoms with Crippen molar-refractivity contribution in [3.8, 4) is 5.75 Å². The van der Waals surface area contributed by atoms with Crippen molar-refractivity contribution in [2.24, 2.45) is 5.73 Å². The molecule has 0 bridgehead atoms. The molecule has 2 aliphatic heterocycles. The Labute approximate surface area is 107 Å². The molecule has 0 spiro atoms. The minimum atomic E-state index is 0.0649. The lowest BCUT2D eigenvalue weighted by atomic mass is 9.97. The van der Waals surface area contributed by atoms with Gasteiger partial charge in [-0.25, -0.2) is 0 Å². The molecule has 98 valence electrons. The van der Waals surface area contributed by atoms with Gasteiger partial charge in [0.25, 0.3) is 0 Å². The summed E-state index contributed by atoms with van der Waals surface area (Å²) in [6.45, 7) is 3.30. The molecule has 1 aromatic carbocycles. The van der Waals surface area contributed by atoms with Gasteiger partial charge >= 0.3 is 0 Å². The normalized spacial score (nSPS) is 24.4. The summed E-state index contributed by atoms with van der Waals surface area (Å²) in [5.41, 5.74) is 8.77. The zero-order valence-electron chi connectivity index (χ0n) is 10.5. The van der Waals surface area contributed by atoms with Crippen molar-refractivity contribution < 1.29 is 9.47 Å². The predicted molar refractivity (Wildman–Crippen MR) is 69.8 cm³/mol. The highest BCUT2D eigenvalue weighted by Crippen LogP contribution is 2.28. The zero-order valence-corrected chi connectivity index (χ0v) is 10.5. The van der Waals surface area contributed by atoms with Gasteiger partial charge in [0.15, 0.2) is 0 Å². The second-order valence-electron chi connectivity index (χ2n) is 5.03. The molecule has 0 radical (unpaired) electrons. The van der Waals surface area contributed by atoms with E-state index in [2.05, 4.69) is 17.4 Å². The van der Waals surface area contributed by atoms with Crippen LogP contribution in [0.3, 0.4) is 0 Å². The van der Waals surface area contributed by atoms with Gasteiger partial charge < -0.3 is 20.5 Å². The lowest BCUT2D eigenvalue weighted by molar-refractivity contribution is 0.0720. The summed E-state index contributed by atoms with van der Waals surface area (Å²) in [5, 5.41) is 3.44. The molecule has 4 nitrogen and oxygen atoms in total. The summed E-state index contributed by atoms with van der Waals surface area (Å²) in [6, 6.07) is 6.76. The van der Waals surface area contributed by atoms with Gasteiger partial charge in [-0.3, -0.25) is 0 Å². The Kier molecular flexibility index (Phi) is 3.50. The summed E-state index contributed by atoms with van der Waals surface area (Å²) in [6.07, 6.45) is 1.92. The van der Waals surface area contributed by atoms with Crippen LogP contribution in [0.15, 0.2) is 18.2 Å². The van der Waals surface area contributed by atoms with E-state index in [1.165, 1.54) is 11.1 Å². The van der Waals surface area contributed by atoms with E-state index in [9.17, 15) is 0 Å². The molecule has 0 aliphatic carbocycles. The predicted octanol–water partition coefficient (Wildman–Crippen LogP) is 1.000. The van der Waals surface area contributed by atoms with Crippen LogP contribution in [-0.2, 0) is 11.2 Å². The van der Waals surface area contributed by atoms with Crippen molar-refractivity contribution in [1.29, 1.82) is 0 Å². The Hall–Kier alpha value is -1.10. The minimum absolute atomic E-state index is 0.0649. The summed E-state index contributed by atoms with van der Waals surface area (Å²) in [4.78, 5) is 0. The van der Waals surface area contributed by atoms with Crippen molar-refractivity contribution >= 4 is 0 Å². The van der Waals surface area contributed by atoms with Crippen LogP contribution in [0.25, 0.3) is 0 Å².